The summed E-state index contributed by atoms with van der Waals surface area (Å²) in [5.41, 5.74) is 6.35. The Labute approximate surface area is 145 Å². The van der Waals surface area contributed by atoms with E-state index in [0.29, 0.717) is 23.8 Å². The number of carbonyl (C=O) groups is 1. The highest BCUT2D eigenvalue weighted by atomic mass is 16.5. The van der Waals surface area contributed by atoms with E-state index in [2.05, 4.69) is 9.80 Å². The molecule has 2 bridgehead atoms. The highest BCUT2D eigenvalue weighted by molar-refractivity contribution is 5.80. The Bertz CT molecular complexity index is 442. The van der Waals surface area contributed by atoms with Crippen molar-refractivity contribution in [3.05, 3.63) is 0 Å². The van der Waals surface area contributed by atoms with E-state index in [1.54, 1.807) is 0 Å². The number of nitrogens with two attached hydrogens (primary N) is 1. The van der Waals surface area contributed by atoms with Crippen LogP contribution in [-0.2, 0) is 9.53 Å². The van der Waals surface area contributed by atoms with Crippen molar-refractivity contribution < 1.29 is 9.53 Å². The largest absolute Gasteiger partial charge is 0.377 e. The number of carbonyl (C=O) groups excluding carboxylic acids is 1. The quantitative estimate of drug-likeness (QED) is 0.826. The minimum atomic E-state index is 0.108. The van der Waals surface area contributed by atoms with Gasteiger partial charge in [-0.05, 0) is 69.9 Å². The normalized spacial score (nSPS) is 37.5. The molecule has 0 radical (unpaired) electrons. The van der Waals surface area contributed by atoms with Gasteiger partial charge in [0.25, 0.3) is 0 Å². The van der Waals surface area contributed by atoms with Crippen LogP contribution in [0.15, 0.2) is 0 Å². The molecule has 4 atom stereocenters. The van der Waals surface area contributed by atoms with Gasteiger partial charge >= 0.3 is 0 Å². The van der Waals surface area contributed by atoms with Crippen LogP contribution in [-0.4, -0.2) is 67.2 Å². The maximum atomic E-state index is 12.9. The van der Waals surface area contributed by atoms with Crippen LogP contribution in [0.4, 0.5) is 0 Å². The molecule has 24 heavy (non-hydrogen) atoms. The molecule has 0 spiro atoms. The lowest BCUT2D eigenvalue weighted by Crippen LogP contribution is -2.50. The molecule has 2 saturated carbocycles. The standard InChI is InChI=1S/C19H33N3O2/c20-18-15-4-3-14(13-15)17(18)19(23)22-9-5-16(6-10-22)24-12-11-21-7-1-2-8-21/h14-18H,1-13,20H2. The molecule has 5 heteroatoms. The SMILES string of the molecule is NC1C2CCC(C2)C1C(=O)N1CCC(OCCN2CCCC2)CC1. The molecule has 0 aromatic rings. The molecule has 136 valence electrons. The zero-order valence-electron chi connectivity index (χ0n) is 14.9. The van der Waals surface area contributed by atoms with Gasteiger partial charge < -0.3 is 20.3 Å². The maximum absolute atomic E-state index is 12.9. The molecule has 4 unspecified atom stereocenters. The topological polar surface area (TPSA) is 58.8 Å². The fraction of sp³-hybridized carbons (Fsp3) is 0.947. The number of likely N-dealkylation sites (tertiary alicyclic amines) is 2. The van der Waals surface area contributed by atoms with Gasteiger partial charge in [-0.15, -0.1) is 0 Å². The van der Waals surface area contributed by atoms with Crippen LogP contribution in [0.1, 0.15) is 44.9 Å². The van der Waals surface area contributed by atoms with Gasteiger partial charge in [-0.3, -0.25) is 4.79 Å². The van der Waals surface area contributed by atoms with E-state index < -0.39 is 0 Å². The molecule has 0 aromatic carbocycles. The van der Waals surface area contributed by atoms with Crippen molar-refractivity contribution in [2.75, 3.05) is 39.3 Å². The molecule has 4 fully saturated rings. The van der Waals surface area contributed by atoms with Gasteiger partial charge in [0.2, 0.25) is 5.91 Å². The van der Waals surface area contributed by atoms with Crippen LogP contribution in [0, 0.1) is 17.8 Å². The van der Waals surface area contributed by atoms with Crippen molar-refractivity contribution >= 4 is 5.91 Å². The monoisotopic (exact) mass is 335 g/mol. The number of nitrogens with zero attached hydrogens (tertiary/aromatic N) is 2. The van der Waals surface area contributed by atoms with E-state index in [4.69, 9.17) is 10.5 Å². The smallest absolute Gasteiger partial charge is 0.227 e. The van der Waals surface area contributed by atoms with E-state index in [-0.39, 0.29) is 12.0 Å². The fourth-order valence-electron chi connectivity index (χ4n) is 5.51. The first-order chi connectivity index (χ1) is 11.7. The lowest BCUT2D eigenvalue weighted by atomic mass is 9.83. The summed E-state index contributed by atoms with van der Waals surface area (Å²) in [5.74, 6) is 1.61. The second-order valence-electron chi connectivity index (χ2n) is 8.38. The van der Waals surface area contributed by atoms with Crippen molar-refractivity contribution in [2.45, 2.75) is 57.1 Å². The number of fused-ring (bicyclic) bond motifs is 2. The molecular weight excluding hydrogens is 302 g/mol. The summed E-state index contributed by atoms with van der Waals surface area (Å²) in [6, 6.07) is 0.116. The highest BCUT2D eigenvalue weighted by Gasteiger charge is 2.50. The minimum absolute atomic E-state index is 0.108. The molecule has 2 heterocycles. The van der Waals surface area contributed by atoms with Gasteiger partial charge in [0.05, 0.1) is 18.6 Å². The van der Waals surface area contributed by atoms with Crippen LogP contribution in [0.3, 0.4) is 0 Å². The van der Waals surface area contributed by atoms with Crippen molar-refractivity contribution in [2.24, 2.45) is 23.5 Å². The van der Waals surface area contributed by atoms with E-state index in [1.165, 1.54) is 45.2 Å². The lowest BCUT2D eigenvalue weighted by molar-refractivity contribution is -0.140. The summed E-state index contributed by atoms with van der Waals surface area (Å²) < 4.78 is 6.06. The molecule has 5 nitrogen and oxygen atoms in total. The zero-order valence-corrected chi connectivity index (χ0v) is 14.9. The van der Waals surface area contributed by atoms with Gasteiger partial charge in [0.1, 0.15) is 0 Å². The van der Waals surface area contributed by atoms with E-state index in [1.807, 2.05) is 0 Å². The summed E-state index contributed by atoms with van der Waals surface area (Å²) in [6.07, 6.45) is 8.63. The molecule has 0 aromatic heterocycles. The number of rotatable bonds is 5. The average molecular weight is 335 g/mol. The van der Waals surface area contributed by atoms with Crippen molar-refractivity contribution in [3.8, 4) is 0 Å². The summed E-state index contributed by atoms with van der Waals surface area (Å²) in [5, 5.41) is 0. The van der Waals surface area contributed by atoms with Crippen molar-refractivity contribution in [3.63, 3.8) is 0 Å². The molecule has 2 aliphatic heterocycles. The summed E-state index contributed by atoms with van der Waals surface area (Å²) >= 11 is 0. The number of ether oxygens (including phenoxy) is 1. The molecule has 2 saturated heterocycles. The summed E-state index contributed by atoms with van der Waals surface area (Å²) in [4.78, 5) is 17.5. The number of piperidine rings is 1. The van der Waals surface area contributed by atoms with E-state index >= 15 is 0 Å². The van der Waals surface area contributed by atoms with Crippen molar-refractivity contribution in [1.82, 2.24) is 9.80 Å². The maximum Gasteiger partial charge on any atom is 0.227 e. The van der Waals surface area contributed by atoms with Crippen LogP contribution < -0.4 is 5.73 Å². The highest BCUT2D eigenvalue weighted by Crippen LogP contribution is 2.48. The van der Waals surface area contributed by atoms with E-state index in [9.17, 15) is 4.79 Å². The van der Waals surface area contributed by atoms with E-state index in [0.717, 1.165) is 39.1 Å². The van der Waals surface area contributed by atoms with Gasteiger partial charge in [-0.1, -0.05) is 0 Å². The third-order valence-electron chi connectivity index (χ3n) is 6.98. The van der Waals surface area contributed by atoms with Gasteiger partial charge in [0, 0.05) is 25.7 Å². The third-order valence-corrected chi connectivity index (χ3v) is 6.98. The fourth-order valence-corrected chi connectivity index (χ4v) is 5.51. The first-order valence-electron chi connectivity index (χ1n) is 10.1. The van der Waals surface area contributed by atoms with Gasteiger partial charge in [-0.2, -0.15) is 0 Å². The Kier molecular flexibility index (Phi) is 5.11. The van der Waals surface area contributed by atoms with Crippen LogP contribution >= 0.6 is 0 Å². The average Bonchev–Trinajstić information content (AvgIpc) is 3.32. The lowest BCUT2D eigenvalue weighted by Gasteiger charge is -2.37. The Balaban J connectivity index is 1.19. The second kappa shape index (κ2) is 7.30. The predicted molar refractivity (Wildman–Crippen MR) is 93.5 cm³/mol. The number of hydrogen-bond donors (Lipinski definition) is 1. The Hall–Kier alpha value is -0.650. The van der Waals surface area contributed by atoms with Crippen molar-refractivity contribution in [1.29, 1.82) is 0 Å². The first-order valence-corrected chi connectivity index (χ1v) is 10.1. The van der Waals surface area contributed by atoms with Crippen LogP contribution in [0.25, 0.3) is 0 Å². The first kappa shape index (κ1) is 16.8. The molecular formula is C19H33N3O2. The Morgan fingerprint density at radius 2 is 1.71 bits per heavy atom. The second-order valence-corrected chi connectivity index (χ2v) is 8.38. The zero-order chi connectivity index (χ0) is 16.5. The molecule has 4 rings (SSSR count). The van der Waals surface area contributed by atoms with Crippen LogP contribution in [0.5, 0.6) is 0 Å². The van der Waals surface area contributed by atoms with Gasteiger partial charge in [-0.25, -0.2) is 0 Å². The molecule has 2 N–H and O–H groups in total. The molecule has 4 aliphatic rings. The number of hydrogen-bond acceptors (Lipinski definition) is 4. The molecule has 1 amide bonds. The Morgan fingerprint density at radius 1 is 1.00 bits per heavy atom. The summed E-state index contributed by atoms with van der Waals surface area (Å²) in [7, 11) is 0. The minimum Gasteiger partial charge on any atom is -0.377 e. The molecule has 2 aliphatic carbocycles. The number of amides is 1. The predicted octanol–water partition coefficient (Wildman–Crippen LogP) is 1.46. The third kappa shape index (κ3) is 3.35. The Morgan fingerprint density at radius 3 is 2.38 bits per heavy atom. The van der Waals surface area contributed by atoms with Gasteiger partial charge in [0.15, 0.2) is 0 Å². The summed E-state index contributed by atoms with van der Waals surface area (Å²) in [6.45, 7) is 6.09. The van der Waals surface area contributed by atoms with Crippen LogP contribution in [0.2, 0.25) is 0 Å².